The van der Waals surface area contributed by atoms with Crippen molar-refractivity contribution in [2.75, 3.05) is 11.4 Å². The number of nitrogens with one attached hydrogen (secondary N) is 1. The maximum absolute atomic E-state index is 12.8. The van der Waals surface area contributed by atoms with Crippen LogP contribution in [-0.4, -0.2) is 24.4 Å². The number of benzene rings is 1. The maximum Gasteiger partial charge on any atom is 0.254 e. The molecule has 1 heterocycles. The Labute approximate surface area is 126 Å². The van der Waals surface area contributed by atoms with Gasteiger partial charge in [-0.3, -0.25) is 9.59 Å². The minimum absolute atomic E-state index is 0.00398. The number of hydrogen-bond donors (Lipinski definition) is 1. The Kier molecular flexibility index (Phi) is 4.66. The largest absolute Gasteiger partial charge is 0.340 e. The topological polar surface area (TPSA) is 49.4 Å². The van der Waals surface area contributed by atoms with Crippen LogP contribution in [0.25, 0.3) is 0 Å². The number of fused-ring (bicyclic) bond motifs is 1. The Bertz CT molecular complexity index is 537. The van der Waals surface area contributed by atoms with Gasteiger partial charge in [0.1, 0.15) is 6.04 Å². The van der Waals surface area contributed by atoms with Gasteiger partial charge in [-0.1, -0.05) is 39.8 Å². The summed E-state index contributed by atoms with van der Waals surface area (Å²) in [4.78, 5) is 27.0. The van der Waals surface area contributed by atoms with E-state index >= 15 is 0 Å². The van der Waals surface area contributed by atoms with Crippen LogP contribution in [0.5, 0.6) is 0 Å². The molecule has 1 aromatic carbocycles. The molecule has 1 N–H and O–H groups in total. The third kappa shape index (κ3) is 3.43. The summed E-state index contributed by atoms with van der Waals surface area (Å²) < 4.78 is 0. The molecule has 0 fully saturated rings. The second kappa shape index (κ2) is 6.29. The number of rotatable bonds is 4. The van der Waals surface area contributed by atoms with Crippen molar-refractivity contribution >= 4 is 17.5 Å². The fourth-order valence-electron chi connectivity index (χ4n) is 2.69. The number of nitrogens with zero attached hydrogens (tertiary/aromatic N) is 1. The number of amides is 2. The molecule has 4 heteroatoms. The molecule has 0 bridgehead atoms. The molecule has 1 aromatic rings. The van der Waals surface area contributed by atoms with Gasteiger partial charge in [-0.25, -0.2) is 0 Å². The average Bonchev–Trinajstić information content (AvgIpc) is 2.50. The van der Waals surface area contributed by atoms with Crippen molar-refractivity contribution in [1.29, 1.82) is 0 Å². The molecule has 1 aliphatic heterocycles. The number of carbonyl (C=O) groups excluding carboxylic acids is 2. The third-order valence-electron chi connectivity index (χ3n) is 3.56. The normalized spacial score (nSPS) is 18.8. The van der Waals surface area contributed by atoms with Crippen LogP contribution in [0.2, 0.25) is 0 Å². The highest BCUT2D eigenvalue weighted by Crippen LogP contribution is 2.26. The zero-order valence-electron chi connectivity index (χ0n) is 13.2. The molecule has 2 rings (SSSR count). The lowest BCUT2D eigenvalue weighted by Crippen LogP contribution is -2.47. The van der Waals surface area contributed by atoms with Gasteiger partial charge in [-0.2, -0.15) is 0 Å². The SMILES string of the molecule is CC(C)CC1NC(=O)c2ccccc2N(CC(C)C)C1=O. The molecule has 0 spiro atoms. The molecule has 0 saturated carbocycles. The summed E-state index contributed by atoms with van der Waals surface area (Å²) in [6, 6.07) is 6.90. The van der Waals surface area contributed by atoms with E-state index in [1.807, 2.05) is 18.2 Å². The smallest absolute Gasteiger partial charge is 0.254 e. The van der Waals surface area contributed by atoms with E-state index in [9.17, 15) is 9.59 Å². The summed E-state index contributed by atoms with van der Waals surface area (Å²) in [6.07, 6.45) is 0.660. The highest BCUT2D eigenvalue weighted by atomic mass is 16.2. The van der Waals surface area contributed by atoms with Crippen molar-refractivity contribution in [3.05, 3.63) is 29.8 Å². The molecule has 1 aliphatic rings. The van der Waals surface area contributed by atoms with Gasteiger partial charge in [0.25, 0.3) is 5.91 Å². The molecule has 0 aromatic heterocycles. The van der Waals surface area contributed by atoms with Crippen molar-refractivity contribution < 1.29 is 9.59 Å². The van der Waals surface area contributed by atoms with E-state index in [0.29, 0.717) is 30.4 Å². The Morgan fingerprint density at radius 1 is 1.10 bits per heavy atom. The summed E-state index contributed by atoms with van der Waals surface area (Å²) in [6.45, 7) is 8.90. The quantitative estimate of drug-likeness (QED) is 0.926. The second-order valence-corrected chi connectivity index (χ2v) is 6.52. The highest BCUT2D eigenvalue weighted by molar-refractivity contribution is 6.10. The molecule has 0 aliphatic carbocycles. The first-order valence-electron chi connectivity index (χ1n) is 7.61. The zero-order valence-corrected chi connectivity index (χ0v) is 13.2. The lowest BCUT2D eigenvalue weighted by molar-refractivity contribution is -0.120. The molecule has 1 unspecified atom stereocenters. The first kappa shape index (κ1) is 15.5. The number of anilines is 1. The number of hydrogen-bond acceptors (Lipinski definition) is 2. The van der Waals surface area contributed by atoms with Gasteiger partial charge in [0, 0.05) is 6.54 Å². The van der Waals surface area contributed by atoms with Gasteiger partial charge in [0.2, 0.25) is 5.91 Å². The summed E-state index contributed by atoms with van der Waals surface area (Å²) >= 11 is 0. The predicted octanol–water partition coefficient (Wildman–Crippen LogP) is 2.83. The van der Waals surface area contributed by atoms with Crippen molar-refractivity contribution in [3.63, 3.8) is 0 Å². The van der Waals surface area contributed by atoms with Gasteiger partial charge in [0.15, 0.2) is 0 Å². The average molecular weight is 288 g/mol. The monoisotopic (exact) mass is 288 g/mol. The lowest BCUT2D eigenvalue weighted by atomic mass is 10.0. The van der Waals surface area contributed by atoms with Crippen molar-refractivity contribution in [2.45, 2.75) is 40.2 Å². The number of para-hydroxylation sites is 1. The molecule has 114 valence electrons. The molecule has 21 heavy (non-hydrogen) atoms. The first-order chi connectivity index (χ1) is 9.90. The van der Waals surface area contributed by atoms with Crippen LogP contribution in [0.15, 0.2) is 24.3 Å². The molecular weight excluding hydrogens is 264 g/mol. The third-order valence-corrected chi connectivity index (χ3v) is 3.56. The number of carbonyl (C=O) groups is 2. The molecule has 4 nitrogen and oxygen atoms in total. The van der Waals surface area contributed by atoms with Gasteiger partial charge in [-0.15, -0.1) is 0 Å². The Morgan fingerprint density at radius 2 is 1.76 bits per heavy atom. The summed E-state index contributed by atoms with van der Waals surface area (Å²) in [5.74, 6) is 0.530. The summed E-state index contributed by atoms with van der Waals surface area (Å²) in [5.41, 5.74) is 1.30. The van der Waals surface area contributed by atoms with E-state index in [4.69, 9.17) is 0 Å². The second-order valence-electron chi connectivity index (χ2n) is 6.52. The molecule has 2 amide bonds. The maximum atomic E-state index is 12.8. The van der Waals surface area contributed by atoms with Crippen LogP contribution in [0.1, 0.15) is 44.5 Å². The Morgan fingerprint density at radius 3 is 2.38 bits per heavy atom. The molecular formula is C17H24N2O2. The van der Waals surface area contributed by atoms with E-state index in [0.717, 1.165) is 5.69 Å². The molecule has 1 atom stereocenters. The van der Waals surface area contributed by atoms with E-state index in [2.05, 4.69) is 33.0 Å². The van der Waals surface area contributed by atoms with Crippen LogP contribution in [0.3, 0.4) is 0 Å². The molecule has 0 saturated heterocycles. The predicted molar refractivity (Wildman–Crippen MR) is 84.3 cm³/mol. The zero-order chi connectivity index (χ0) is 15.6. The van der Waals surface area contributed by atoms with E-state index in [1.165, 1.54) is 0 Å². The van der Waals surface area contributed by atoms with E-state index in [1.54, 1.807) is 11.0 Å². The summed E-state index contributed by atoms with van der Waals surface area (Å²) in [7, 11) is 0. The van der Waals surface area contributed by atoms with Crippen LogP contribution >= 0.6 is 0 Å². The fraction of sp³-hybridized carbons (Fsp3) is 0.529. The van der Waals surface area contributed by atoms with Gasteiger partial charge >= 0.3 is 0 Å². The van der Waals surface area contributed by atoms with Crippen LogP contribution in [0, 0.1) is 11.8 Å². The standard InChI is InChI=1S/C17H24N2O2/c1-11(2)9-14-17(21)19(10-12(3)4)15-8-6-5-7-13(15)16(20)18-14/h5-8,11-12,14H,9-10H2,1-4H3,(H,18,20). The van der Waals surface area contributed by atoms with E-state index < -0.39 is 6.04 Å². The van der Waals surface area contributed by atoms with Gasteiger partial charge in [0.05, 0.1) is 11.3 Å². The van der Waals surface area contributed by atoms with E-state index in [-0.39, 0.29) is 11.8 Å². The molecule has 0 radical (unpaired) electrons. The van der Waals surface area contributed by atoms with Crippen LogP contribution in [0.4, 0.5) is 5.69 Å². The van der Waals surface area contributed by atoms with Crippen molar-refractivity contribution in [3.8, 4) is 0 Å². The Hall–Kier alpha value is -1.84. The fourth-order valence-corrected chi connectivity index (χ4v) is 2.69. The van der Waals surface area contributed by atoms with Gasteiger partial charge in [-0.05, 0) is 30.4 Å². The van der Waals surface area contributed by atoms with Crippen LogP contribution in [-0.2, 0) is 4.79 Å². The van der Waals surface area contributed by atoms with Crippen LogP contribution < -0.4 is 10.2 Å². The lowest BCUT2D eigenvalue weighted by Gasteiger charge is -2.27. The van der Waals surface area contributed by atoms with Crippen molar-refractivity contribution in [1.82, 2.24) is 5.32 Å². The minimum Gasteiger partial charge on any atom is -0.340 e. The highest BCUT2D eigenvalue weighted by Gasteiger charge is 2.33. The minimum atomic E-state index is -0.441. The Balaban J connectivity index is 2.43. The summed E-state index contributed by atoms with van der Waals surface area (Å²) in [5, 5.41) is 2.89. The van der Waals surface area contributed by atoms with Gasteiger partial charge < -0.3 is 10.2 Å². The van der Waals surface area contributed by atoms with Crippen molar-refractivity contribution in [2.24, 2.45) is 11.8 Å². The first-order valence-corrected chi connectivity index (χ1v) is 7.61.